The second-order valence-corrected chi connectivity index (χ2v) is 16.8. The lowest BCUT2D eigenvalue weighted by molar-refractivity contribution is 0.0324. The molecule has 0 unspecified atom stereocenters. The highest BCUT2D eigenvalue weighted by atomic mass is 32.3. The molecule has 8 bridgehead atoms. The maximum absolute atomic E-state index is 14.6. The van der Waals surface area contributed by atoms with E-state index in [0.717, 1.165) is 79.8 Å². The van der Waals surface area contributed by atoms with Gasteiger partial charge in [-0.15, -0.1) is 3.71 Å². The van der Waals surface area contributed by atoms with Gasteiger partial charge in [0.25, 0.3) is 0 Å². The van der Waals surface area contributed by atoms with Crippen LogP contribution < -0.4 is 4.74 Å². The molecule has 6 heteroatoms. The summed E-state index contributed by atoms with van der Waals surface area (Å²) in [5.74, 6) is 5.28. The molecule has 0 N–H and O–H groups in total. The fraction of sp³-hybridized carbons (Fsp3) is 0.786. The van der Waals surface area contributed by atoms with Crippen LogP contribution in [0.5, 0.6) is 5.75 Å². The lowest BCUT2D eigenvalue weighted by Gasteiger charge is -2.58. The van der Waals surface area contributed by atoms with Crippen molar-refractivity contribution in [3.05, 3.63) is 30.3 Å². The first-order valence-corrected chi connectivity index (χ1v) is 16.0. The minimum atomic E-state index is -1.21. The molecule has 0 amide bonds. The van der Waals surface area contributed by atoms with Gasteiger partial charge in [0.2, 0.25) is 0 Å². The average molecular weight is 502 g/mol. The molecule has 8 saturated carbocycles. The largest absolute Gasteiger partial charge is 0.492 e. The van der Waals surface area contributed by atoms with Crippen LogP contribution in [0.25, 0.3) is 0 Å². The molecule has 186 valence electrons. The number of ether oxygens (including phenoxy) is 1. The molecule has 2 atom stereocenters. The van der Waals surface area contributed by atoms with Gasteiger partial charge in [-0.25, -0.2) is 8.42 Å². The summed E-state index contributed by atoms with van der Waals surface area (Å²) in [5, 5.41) is 0. The van der Waals surface area contributed by atoms with Crippen molar-refractivity contribution in [1.82, 2.24) is 3.71 Å². The Morgan fingerprint density at radius 2 is 1.06 bits per heavy atom. The molecule has 9 rings (SSSR count). The molecule has 0 heterocycles. The molecule has 34 heavy (non-hydrogen) atoms. The molecule has 0 radical (unpaired) electrons. The van der Waals surface area contributed by atoms with Crippen LogP contribution >= 0.6 is 0 Å². The van der Waals surface area contributed by atoms with Gasteiger partial charge in [0.05, 0.1) is 16.0 Å². The van der Waals surface area contributed by atoms with E-state index in [1.807, 2.05) is 34.0 Å². The molecule has 0 aromatic heterocycles. The molecule has 1 aromatic rings. The highest BCUT2D eigenvalue weighted by Gasteiger charge is 2.59. The highest BCUT2D eigenvalue weighted by Crippen LogP contribution is 2.61. The van der Waals surface area contributed by atoms with Crippen LogP contribution in [-0.2, 0) is 22.0 Å². The van der Waals surface area contributed by atoms with Crippen molar-refractivity contribution in [2.75, 3.05) is 13.2 Å². The Balaban J connectivity index is 1.16. The molecular weight excluding hydrogens is 462 g/mol. The third-order valence-electron chi connectivity index (χ3n) is 10.4. The monoisotopic (exact) mass is 501 g/mol. The molecule has 8 aliphatic carbocycles. The van der Waals surface area contributed by atoms with Gasteiger partial charge in [0.15, 0.2) is 0 Å². The van der Waals surface area contributed by atoms with E-state index >= 15 is 0 Å². The topological polar surface area (TPSA) is 46.6 Å². The molecule has 1 aromatic carbocycles. The van der Waals surface area contributed by atoms with Crippen molar-refractivity contribution in [2.24, 2.45) is 35.5 Å². The Morgan fingerprint density at radius 3 is 1.44 bits per heavy atom. The first-order chi connectivity index (χ1) is 16.5. The van der Waals surface area contributed by atoms with E-state index in [1.54, 1.807) is 0 Å². The van der Waals surface area contributed by atoms with Gasteiger partial charge < -0.3 is 4.74 Å². The third-order valence-corrected chi connectivity index (χ3v) is 14.8. The Morgan fingerprint density at radius 1 is 0.676 bits per heavy atom. The van der Waals surface area contributed by atoms with Crippen molar-refractivity contribution < 1.29 is 13.2 Å². The fourth-order valence-corrected chi connectivity index (χ4v) is 15.0. The summed E-state index contributed by atoms with van der Waals surface area (Å²) in [5.41, 5.74) is 0. The quantitative estimate of drug-likeness (QED) is 0.464. The molecule has 0 spiro atoms. The van der Waals surface area contributed by atoms with Crippen LogP contribution in [0.15, 0.2) is 30.3 Å². The van der Waals surface area contributed by atoms with Gasteiger partial charge in [-0.05, 0) is 125 Å². The van der Waals surface area contributed by atoms with Crippen molar-refractivity contribution in [3.63, 3.8) is 0 Å². The summed E-state index contributed by atoms with van der Waals surface area (Å²) >= 11 is 0. The molecule has 0 saturated heterocycles. The first kappa shape index (κ1) is 22.5. The van der Waals surface area contributed by atoms with Crippen molar-refractivity contribution in [3.8, 4) is 5.75 Å². The van der Waals surface area contributed by atoms with Gasteiger partial charge in [-0.1, -0.05) is 18.2 Å². The zero-order valence-corrected chi connectivity index (χ0v) is 21.9. The number of benzene rings is 1. The minimum Gasteiger partial charge on any atom is -0.492 e. The van der Waals surface area contributed by atoms with Gasteiger partial charge in [-0.3, -0.25) is 0 Å². The van der Waals surface area contributed by atoms with Crippen LogP contribution in [0.2, 0.25) is 0 Å². The van der Waals surface area contributed by atoms with Gasteiger partial charge in [0.1, 0.15) is 34.3 Å². The fourth-order valence-electron chi connectivity index (χ4n) is 9.90. The summed E-state index contributed by atoms with van der Waals surface area (Å²) in [4.78, 5) is 0. The smallest absolute Gasteiger partial charge is 0.119 e. The summed E-state index contributed by atoms with van der Waals surface area (Å²) < 4.78 is 36.9. The first-order valence-electron chi connectivity index (χ1n) is 13.8. The zero-order chi connectivity index (χ0) is 22.9. The van der Waals surface area contributed by atoms with Crippen LogP contribution in [0.3, 0.4) is 0 Å². The number of para-hydroxylation sites is 1. The van der Waals surface area contributed by atoms with E-state index in [9.17, 15) is 8.42 Å². The summed E-state index contributed by atoms with van der Waals surface area (Å²) in [6.07, 6.45) is 14.5. The lowest BCUT2D eigenvalue weighted by atomic mass is 9.56. The Kier molecular flexibility index (Phi) is 5.56. The van der Waals surface area contributed by atoms with E-state index in [2.05, 4.69) is 0 Å². The van der Waals surface area contributed by atoms with E-state index in [4.69, 9.17) is 4.74 Å². The number of hydrogen-bond acceptors (Lipinski definition) is 3. The highest BCUT2D eigenvalue weighted by molar-refractivity contribution is 7.99. The van der Waals surface area contributed by atoms with Gasteiger partial charge >= 0.3 is 0 Å². The predicted molar refractivity (Wildman–Crippen MR) is 137 cm³/mol. The second kappa shape index (κ2) is 8.41. The molecular formula is C28H39NO3S2. The van der Waals surface area contributed by atoms with Crippen molar-refractivity contribution in [2.45, 2.75) is 86.5 Å². The number of nitrogens with zero attached hydrogens (tertiary/aromatic N) is 1. The summed E-state index contributed by atoms with van der Waals surface area (Å²) in [6, 6.07) is 9.89. The predicted octanol–water partition coefficient (Wildman–Crippen LogP) is 5.63. The van der Waals surface area contributed by atoms with E-state index in [1.165, 1.54) is 38.5 Å². The van der Waals surface area contributed by atoms with E-state index in [0.29, 0.717) is 13.2 Å². The van der Waals surface area contributed by atoms with Crippen LogP contribution in [0, 0.1) is 35.5 Å². The maximum atomic E-state index is 14.6. The number of rotatable bonds is 8. The van der Waals surface area contributed by atoms with Crippen molar-refractivity contribution >= 4 is 22.0 Å². The van der Waals surface area contributed by atoms with Gasteiger partial charge in [0, 0.05) is 0 Å². The van der Waals surface area contributed by atoms with Crippen LogP contribution in [0.1, 0.15) is 77.0 Å². The molecule has 4 nitrogen and oxygen atoms in total. The normalized spacial score (nSPS) is 45.6. The molecule has 8 fully saturated rings. The Bertz CT molecular complexity index is 853. The average Bonchev–Trinajstić information content (AvgIpc) is 2.80. The Hall–Kier alpha value is -0.720. The molecule has 0 aliphatic heterocycles. The number of hydrogen-bond donors (Lipinski definition) is 0. The lowest BCUT2D eigenvalue weighted by Crippen LogP contribution is -2.60. The van der Waals surface area contributed by atoms with Crippen LogP contribution in [-0.4, -0.2) is 34.8 Å². The SMILES string of the molecule is O=[S@@](N(CCOc1ccccc1)[S@](=O)C12CC3CC(CC(C3)C1)C2)C12CC3CC(CC(C3)C1)C2. The van der Waals surface area contributed by atoms with E-state index in [-0.39, 0.29) is 9.49 Å². The minimum absolute atomic E-state index is 0.139. The second-order valence-electron chi connectivity index (χ2n) is 12.9. The zero-order valence-electron chi connectivity index (χ0n) is 20.2. The van der Waals surface area contributed by atoms with Crippen molar-refractivity contribution in [1.29, 1.82) is 0 Å². The summed E-state index contributed by atoms with van der Waals surface area (Å²) in [6.45, 7) is 0.942. The van der Waals surface area contributed by atoms with Gasteiger partial charge in [-0.2, -0.15) is 0 Å². The standard InChI is InChI=1S/C28H39NO3S2/c30-33(27-14-20-8-21(15-27)10-22(9-20)16-27)29(6-7-32-26-4-2-1-3-5-26)34(31)28-17-23-11-24(18-28)13-25(12-23)19-28/h1-5,20-25H,6-19H2/t20?,21?,22?,23?,24?,25?,27?,28?,33-,34-/m1/s1. The van der Waals surface area contributed by atoms with E-state index < -0.39 is 22.0 Å². The molecule has 8 aliphatic rings. The Labute approximate surface area is 209 Å². The maximum Gasteiger partial charge on any atom is 0.119 e. The van der Waals surface area contributed by atoms with Crippen LogP contribution in [0.4, 0.5) is 0 Å². The summed E-state index contributed by atoms with van der Waals surface area (Å²) in [7, 11) is -2.42. The third kappa shape index (κ3) is 3.76.